The number of hydrogen-bond acceptors (Lipinski definition) is 4. The van der Waals surface area contributed by atoms with Gasteiger partial charge >= 0.3 is 0 Å². The zero-order valence-electron chi connectivity index (χ0n) is 14.2. The molecule has 0 fully saturated rings. The van der Waals surface area contributed by atoms with Crippen LogP contribution in [-0.2, 0) is 11.3 Å². The average Bonchev–Trinajstić information content (AvgIpc) is 3.12. The molecule has 0 saturated heterocycles. The lowest BCUT2D eigenvalue weighted by Gasteiger charge is -2.26. The summed E-state index contributed by atoms with van der Waals surface area (Å²) in [6, 6.07) is 17.5. The van der Waals surface area contributed by atoms with Gasteiger partial charge in [0.25, 0.3) is 5.91 Å². The van der Waals surface area contributed by atoms with Crippen molar-refractivity contribution in [2.75, 3.05) is 16.9 Å². The monoisotopic (exact) mass is 346 g/mol. The maximum absolute atomic E-state index is 12.4. The van der Waals surface area contributed by atoms with E-state index < -0.39 is 0 Å². The van der Waals surface area contributed by atoms with Gasteiger partial charge in [-0.2, -0.15) is 4.99 Å². The Morgan fingerprint density at radius 3 is 2.85 bits per heavy atom. The van der Waals surface area contributed by atoms with Crippen molar-refractivity contribution in [3.8, 4) is 0 Å². The number of hydrogen-bond donors (Lipinski definition) is 3. The van der Waals surface area contributed by atoms with Crippen molar-refractivity contribution in [1.29, 1.82) is 0 Å². The smallest absolute Gasteiger partial charge is 0.280 e. The SMILES string of the molecule is NCc1cccc(N2C=CC3=NC(C(=O)Nc4ccccc4)=C[NH+]3C2)c1. The van der Waals surface area contributed by atoms with Crippen LogP contribution >= 0.6 is 0 Å². The molecular formula is C20H20N5O+. The molecule has 0 spiro atoms. The Labute approximate surface area is 151 Å². The Balaban J connectivity index is 1.49. The van der Waals surface area contributed by atoms with E-state index in [1.807, 2.05) is 67.0 Å². The van der Waals surface area contributed by atoms with Gasteiger partial charge in [-0.15, -0.1) is 0 Å². The fraction of sp³-hybridized carbons (Fsp3) is 0.100. The molecule has 2 aliphatic rings. The van der Waals surface area contributed by atoms with E-state index in [0.717, 1.165) is 27.7 Å². The van der Waals surface area contributed by atoms with Crippen molar-refractivity contribution >= 4 is 23.1 Å². The zero-order valence-corrected chi connectivity index (χ0v) is 14.2. The molecule has 2 aromatic rings. The van der Waals surface area contributed by atoms with E-state index in [-0.39, 0.29) is 5.91 Å². The van der Waals surface area contributed by atoms with E-state index in [1.54, 1.807) is 0 Å². The number of benzene rings is 2. The van der Waals surface area contributed by atoms with Gasteiger partial charge in [0.15, 0.2) is 12.4 Å². The van der Waals surface area contributed by atoms with Gasteiger partial charge in [0, 0.05) is 30.2 Å². The average molecular weight is 346 g/mol. The van der Waals surface area contributed by atoms with Gasteiger partial charge in [-0.05, 0) is 29.8 Å². The van der Waals surface area contributed by atoms with E-state index in [4.69, 9.17) is 5.73 Å². The van der Waals surface area contributed by atoms with E-state index in [0.29, 0.717) is 18.9 Å². The summed E-state index contributed by atoms with van der Waals surface area (Å²) < 4.78 is 0. The van der Waals surface area contributed by atoms with Gasteiger partial charge in [-0.3, -0.25) is 9.69 Å². The summed E-state index contributed by atoms with van der Waals surface area (Å²) in [6.45, 7) is 1.18. The van der Waals surface area contributed by atoms with E-state index >= 15 is 0 Å². The largest absolute Gasteiger partial charge is 0.326 e. The summed E-state index contributed by atoms with van der Waals surface area (Å²) >= 11 is 0. The lowest BCUT2D eigenvalue weighted by molar-refractivity contribution is -0.742. The number of fused-ring (bicyclic) bond motifs is 1. The van der Waals surface area contributed by atoms with Crippen LogP contribution in [0.4, 0.5) is 11.4 Å². The predicted octanol–water partition coefficient (Wildman–Crippen LogP) is 1.21. The van der Waals surface area contributed by atoms with Crippen LogP contribution in [0.1, 0.15) is 5.56 Å². The van der Waals surface area contributed by atoms with Gasteiger partial charge in [-0.1, -0.05) is 30.3 Å². The molecule has 2 aromatic carbocycles. The number of amidine groups is 1. The maximum atomic E-state index is 12.4. The minimum Gasteiger partial charge on any atom is -0.326 e. The second kappa shape index (κ2) is 6.95. The van der Waals surface area contributed by atoms with Crippen LogP contribution in [0.3, 0.4) is 0 Å². The lowest BCUT2D eigenvalue weighted by Crippen LogP contribution is -3.11. The molecule has 0 radical (unpaired) electrons. The van der Waals surface area contributed by atoms with Crippen LogP contribution in [0.2, 0.25) is 0 Å². The summed E-state index contributed by atoms with van der Waals surface area (Å²) in [6.07, 6.45) is 5.79. The first-order valence-electron chi connectivity index (χ1n) is 8.50. The third kappa shape index (κ3) is 3.28. The molecule has 4 rings (SSSR count). The standard InChI is InChI=1S/C20H19N5O/c21-12-15-5-4-8-17(11-15)24-10-9-19-23-18(13-25(19)14-24)20(26)22-16-6-2-1-3-7-16/h1-11,13H,12,14,21H2,(H,22,26)/p+1. The summed E-state index contributed by atoms with van der Waals surface area (Å²) in [5, 5.41) is 2.87. The number of nitrogens with one attached hydrogen (secondary N) is 2. The fourth-order valence-electron chi connectivity index (χ4n) is 3.01. The minimum absolute atomic E-state index is 0.198. The first-order chi connectivity index (χ1) is 12.7. The van der Waals surface area contributed by atoms with Crippen molar-refractivity contribution in [3.63, 3.8) is 0 Å². The summed E-state index contributed by atoms with van der Waals surface area (Å²) in [5.74, 6) is 0.644. The highest BCUT2D eigenvalue weighted by molar-refractivity contribution is 6.06. The highest BCUT2D eigenvalue weighted by Crippen LogP contribution is 2.17. The van der Waals surface area contributed by atoms with Crippen LogP contribution in [-0.4, -0.2) is 18.4 Å². The topological polar surface area (TPSA) is 75.2 Å². The third-order valence-corrected chi connectivity index (χ3v) is 4.38. The molecule has 0 aromatic heterocycles. The zero-order chi connectivity index (χ0) is 17.9. The lowest BCUT2D eigenvalue weighted by atomic mass is 10.2. The second-order valence-corrected chi connectivity index (χ2v) is 6.19. The van der Waals surface area contributed by atoms with E-state index in [9.17, 15) is 4.79 Å². The molecule has 6 heteroatoms. The van der Waals surface area contributed by atoms with Gasteiger partial charge in [0.1, 0.15) is 6.20 Å². The molecule has 4 N–H and O–H groups in total. The number of para-hydroxylation sites is 1. The highest BCUT2D eigenvalue weighted by Gasteiger charge is 2.30. The Hall–Kier alpha value is -3.22. The number of carbonyl (C=O) groups is 1. The van der Waals surface area contributed by atoms with Gasteiger partial charge < -0.3 is 11.1 Å². The first-order valence-corrected chi connectivity index (χ1v) is 8.50. The van der Waals surface area contributed by atoms with Gasteiger partial charge in [-0.25, -0.2) is 4.90 Å². The number of nitrogens with zero attached hydrogens (tertiary/aromatic N) is 2. The molecule has 6 nitrogen and oxygen atoms in total. The summed E-state index contributed by atoms with van der Waals surface area (Å²) in [5.41, 5.74) is 9.09. The van der Waals surface area contributed by atoms with E-state index in [1.165, 1.54) is 0 Å². The van der Waals surface area contributed by atoms with Crippen LogP contribution in [0, 0.1) is 0 Å². The molecule has 0 bridgehead atoms. The highest BCUT2D eigenvalue weighted by atomic mass is 16.2. The predicted molar refractivity (Wildman–Crippen MR) is 102 cm³/mol. The Morgan fingerprint density at radius 2 is 2.04 bits per heavy atom. The minimum atomic E-state index is -0.198. The van der Waals surface area contributed by atoms with Crippen molar-refractivity contribution < 1.29 is 9.69 Å². The molecule has 2 heterocycles. The first kappa shape index (κ1) is 16.3. The molecule has 1 amide bonds. The summed E-state index contributed by atoms with van der Waals surface area (Å²) in [4.78, 5) is 20.1. The maximum Gasteiger partial charge on any atom is 0.280 e. The summed E-state index contributed by atoms with van der Waals surface area (Å²) in [7, 11) is 0. The van der Waals surface area contributed by atoms with Crippen molar-refractivity contribution in [2.45, 2.75) is 6.54 Å². The van der Waals surface area contributed by atoms with Gasteiger partial charge in [0.05, 0.1) is 0 Å². The van der Waals surface area contributed by atoms with Crippen molar-refractivity contribution in [3.05, 3.63) is 84.3 Å². The second-order valence-electron chi connectivity index (χ2n) is 6.19. The number of rotatable bonds is 4. The van der Waals surface area contributed by atoms with Crippen LogP contribution in [0.5, 0.6) is 0 Å². The number of amides is 1. The number of aliphatic imine (C=N–C) groups is 1. The van der Waals surface area contributed by atoms with Crippen LogP contribution in [0.25, 0.3) is 0 Å². The molecule has 0 aliphatic carbocycles. The van der Waals surface area contributed by atoms with Crippen molar-refractivity contribution in [1.82, 2.24) is 0 Å². The Morgan fingerprint density at radius 1 is 1.19 bits per heavy atom. The molecule has 1 atom stereocenters. The third-order valence-electron chi connectivity index (χ3n) is 4.38. The molecule has 2 aliphatic heterocycles. The van der Waals surface area contributed by atoms with Crippen LogP contribution < -0.4 is 20.9 Å². The Bertz CT molecular complexity index is 917. The molecule has 26 heavy (non-hydrogen) atoms. The molecule has 0 saturated carbocycles. The Kier molecular flexibility index (Phi) is 4.35. The number of quaternary nitrogens is 1. The molecule has 130 valence electrons. The number of carbonyl (C=O) groups excluding carboxylic acids is 1. The quantitative estimate of drug-likeness (QED) is 0.779. The van der Waals surface area contributed by atoms with Crippen LogP contribution in [0.15, 0.2) is 83.8 Å². The molecule has 1 unspecified atom stereocenters. The van der Waals surface area contributed by atoms with E-state index in [2.05, 4.69) is 21.3 Å². The molecular weight excluding hydrogens is 326 g/mol. The van der Waals surface area contributed by atoms with Gasteiger partial charge in [0.2, 0.25) is 5.84 Å². The number of anilines is 2. The number of nitrogens with two attached hydrogens (primary N) is 1. The normalized spacial score (nSPS) is 18.2. The fourth-order valence-corrected chi connectivity index (χ4v) is 3.01. The van der Waals surface area contributed by atoms with Crippen molar-refractivity contribution in [2.24, 2.45) is 10.7 Å².